The van der Waals surface area contributed by atoms with E-state index in [-0.39, 0.29) is 30.1 Å². The van der Waals surface area contributed by atoms with Crippen molar-refractivity contribution in [2.75, 3.05) is 19.0 Å². The zero-order valence-electron chi connectivity index (χ0n) is 16.2. The molecule has 2 amide bonds. The van der Waals surface area contributed by atoms with E-state index in [0.29, 0.717) is 0 Å². The van der Waals surface area contributed by atoms with Crippen molar-refractivity contribution >= 4 is 52.8 Å². The van der Waals surface area contributed by atoms with Crippen LogP contribution in [0.2, 0.25) is 0 Å². The number of nitrogens with zero attached hydrogens (tertiary/aromatic N) is 1. The lowest BCUT2D eigenvalue weighted by Gasteiger charge is -2.56. The average molecular weight is 470 g/mol. The Balaban J connectivity index is 1.87. The first-order valence-corrected chi connectivity index (χ1v) is 10.8. The molecule has 0 aromatic carbocycles. The van der Waals surface area contributed by atoms with Gasteiger partial charge >= 0.3 is 17.9 Å². The fourth-order valence-corrected chi connectivity index (χ4v) is 5.27. The molecule has 31 heavy (non-hydrogen) atoms. The summed E-state index contributed by atoms with van der Waals surface area (Å²) in [6.07, 6.45) is -0.0557. The van der Waals surface area contributed by atoms with E-state index in [1.807, 2.05) is 0 Å². The Morgan fingerprint density at radius 3 is 2.65 bits per heavy atom. The Morgan fingerprint density at radius 2 is 2.06 bits per heavy atom. The summed E-state index contributed by atoms with van der Waals surface area (Å²) in [7, 11) is 0. The summed E-state index contributed by atoms with van der Waals surface area (Å²) >= 11 is 2.40. The number of thioether (sulfide) groups is 1. The Kier molecular flexibility index (Phi) is 6.67. The number of esters is 1. The predicted octanol–water partition coefficient (Wildman–Crippen LogP) is 0.0212. The number of fused-ring (bicyclic) bond motifs is 1. The summed E-state index contributed by atoms with van der Waals surface area (Å²) < 4.78 is 10.2. The normalized spacial score (nSPS) is 22.4. The molecule has 2 aliphatic rings. The van der Waals surface area contributed by atoms with E-state index in [0.717, 1.165) is 21.5 Å². The van der Waals surface area contributed by atoms with Crippen LogP contribution in [0.15, 0.2) is 28.8 Å². The van der Waals surface area contributed by atoms with Crippen LogP contribution in [-0.2, 0) is 39.9 Å². The topological polar surface area (TPSA) is 160 Å². The van der Waals surface area contributed by atoms with E-state index >= 15 is 0 Å². The molecule has 3 N–H and O–H groups in total. The van der Waals surface area contributed by atoms with Crippen LogP contribution in [0.3, 0.4) is 0 Å². The van der Waals surface area contributed by atoms with Crippen LogP contribution < -0.4 is 5.32 Å². The third-order valence-corrected chi connectivity index (χ3v) is 6.68. The summed E-state index contributed by atoms with van der Waals surface area (Å²) in [5, 5.41) is 21.9. The highest BCUT2D eigenvalue weighted by atomic mass is 32.2. The highest BCUT2D eigenvalue weighted by Crippen LogP contribution is 2.47. The van der Waals surface area contributed by atoms with Crippen molar-refractivity contribution in [1.82, 2.24) is 10.2 Å². The molecular weight excluding hydrogens is 452 g/mol. The van der Waals surface area contributed by atoms with Crippen molar-refractivity contribution in [2.45, 2.75) is 24.4 Å². The number of carbonyl (C=O) groups is 5. The molecule has 11 nitrogen and oxygen atoms in total. The number of nitrogens with one attached hydrogen (secondary N) is 1. The van der Waals surface area contributed by atoms with Gasteiger partial charge in [-0.3, -0.25) is 19.3 Å². The number of carboxylic acid groups (broad SMARTS) is 2. The largest absolute Gasteiger partial charge is 0.480 e. The van der Waals surface area contributed by atoms with Gasteiger partial charge in [0, 0.05) is 23.1 Å². The highest BCUT2D eigenvalue weighted by molar-refractivity contribution is 8.00. The fraction of sp³-hybridized carbons (Fsp3) is 0.389. The molecule has 0 aliphatic carbocycles. The molecule has 13 heteroatoms. The fourth-order valence-electron chi connectivity index (χ4n) is 3.17. The smallest absolute Gasteiger partial charge is 0.352 e. The van der Waals surface area contributed by atoms with Crippen LogP contribution >= 0.6 is 23.1 Å². The monoisotopic (exact) mass is 470 g/mol. The van der Waals surface area contributed by atoms with Crippen molar-refractivity contribution < 1.29 is 43.7 Å². The number of β-lactam (4-membered cyclic amide) rings is 1. The summed E-state index contributed by atoms with van der Waals surface area (Å²) in [4.78, 5) is 61.2. The van der Waals surface area contributed by atoms with Gasteiger partial charge < -0.3 is 25.0 Å². The predicted molar refractivity (Wildman–Crippen MR) is 107 cm³/mol. The van der Waals surface area contributed by atoms with E-state index in [1.54, 1.807) is 17.5 Å². The molecule has 3 rings (SSSR count). The van der Waals surface area contributed by atoms with E-state index in [1.165, 1.54) is 18.3 Å². The van der Waals surface area contributed by atoms with Gasteiger partial charge in [-0.25, -0.2) is 9.59 Å². The molecule has 1 aromatic heterocycles. The Bertz CT molecular complexity index is 959. The van der Waals surface area contributed by atoms with Gasteiger partial charge in [0.15, 0.2) is 0 Å². The number of rotatable bonds is 9. The molecule has 2 aliphatic heterocycles. The number of aliphatic carboxylic acids is 2. The number of ether oxygens (including phenoxy) is 2. The molecular formula is C18H18N2O9S2. The SMILES string of the molecule is CC(=O)OCC1=C(C(=O)O)N2C(=O)[C@](NC(=O)Cc3cccs3)(OCC(=O)O)[C@H]2SC1. The van der Waals surface area contributed by atoms with Crippen LogP contribution in [0.1, 0.15) is 11.8 Å². The third-order valence-electron chi connectivity index (χ3n) is 4.43. The molecule has 2 atom stereocenters. The molecule has 1 aromatic rings. The van der Waals surface area contributed by atoms with Crippen molar-refractivity contribution in [3.63, 3.8) is 0 Å². The van der Waals surface area contributed by atoms with Gasteiger partial charge in [0.05, 0.1) is 6.42 Å². The zero-order chi connectivity index (χ0) is 22.8. The molecule has 0 bridgehead atoms. The number of amides is 2. The van der Waals surface area contributed by atoms with Crippen LogP contribution in [0.4, 0.5) is 0 Å². The molecule has 0 radical (unpaired) electrons. The van der Waals surface area contributed by atoms with Gasteiger partial charge in [-0.15, -0.1) is 23.1 Å². The maximum Gasteiger partial charge on any atom is 0.352 e. The van der Waals surface area contributed by atoms with Crippen molar-refractivity contribution in [2.24, 2.45) is 0 Å². The quantitative estimate of drug-likeness (QED) is 0.255. The molecule has 0 unspecified atom stereocenters. The Labute approximate surface area is 184 Å². The average Bonchev–Trinajstić information content (AvgIpc) is 3.20. The summed E-state index contributed by atoms with van der Waals surface area (Å²) in [6, 6.07) is 3.48. The van der Waals surface area contributed by atoms with E-state index in [4.69, 9.17) is 14.6 Å². The van der Waals surface area contributed by atoms with Gasteiger partial charge in [0.1, 0.15) is 24.3 Å². The van der Waals surface area contributed by atoms with Crippen molar-refractivity contribution in [1.29, 1.82) is 0 Å². The molecule has 1 fully saturated rings. The minimum Gasteiger partial charge on any atom is -0.480 e. The second-order valence-corrected chi connectivity index (χ2v) is 8.70. The lowest BCUT2D eigenvalue weighted by molar-refractivity contribution is -0.201. The molecule has 0 spiro atoms. The third kappa shape index (κ3) is 4.57. The first-order chi connectivity index (χ1) is 14.7. The van der Waals surface area contributed by atoms with Crippen LogP contribution in [0, 0.1) is 0 Å². The Hall–Kier alpha value is -2.90. The number of carboxylic acids is 2. The maximum absolute atomic E-state index is 13.0. The standard InChI is InChI=1S/C18H18N2O9S2/c1-9(21)28-6-10-8-31-17-18(29-7-13(23)24,16(27)20(17)14(10)15(25)26)19-12(22)5-11-3-2-4-30-11/h2-4,17H,5-8H2,1H3,(H,19,22)(H,23,24)(H,25,26)/t17-,18+/m1/s1. The van der Waals surface area contributed by atoms with E-state index in [2.05, 4.69) is 5.32 Å². The number of carbonyl (C=O) groups excluding carboxylic acids is 3. The second-order valence-electron chi connectivity index (χ2n) is 6.60. The first kappa shape index (κ1) is 22.8. The van der Waals surface area contributed by atoms with Crippen LogP contribution in [-0.4, -0.2) is 74.9 Å². The summed E-state index contributed by atoms with van der Waals surface area (Å²) in [6.45, 7) is -0.0149. The molecule has 3 heterocycles. The zero-order valence-corrected chi connectivity index (χ0v) is 17.8. The van der Waals surface area contributed by atoms with Gasteiger partial charge in [-0.2, -0.15) is 0 Å². The molecule has 0 saturated carbocycles. The maximum atomic E-state index is 13.0. The molecule has 166 valence electrons. The summed E-state index contributed by atoms with van der Waals surface area (Å²) in [5.74, 6) is -4.81. The number of thiophene rings is 1. The van der Waals surface area contributed by atoms with Crippen molar-refractivity contribution in [3.05, 3.63) is 33.7 Å². The van der Waals surface area contributed by atoms with E-state index in [9.17, 15) is 29.1 Å². The van der Waals surface area contributed by atoms with Gasteiger partial charge in [-0.05, 0) is 11.4 Å². The first-order valence-electron chi connectivity index (χ1n) is 8.88. The van der Waals surface area contributed by atoms with E-state index < -0.39 is 47.4 Å². The number of hydrogen-bond donors (Lipinski definition) is 3. The van der Waals surface area contributed by atoms with Crippen molar-refractivity contribution in [3.8, 4) is 0 Å². The Morgan fingerprint density at radius 1 is 1.32 bits per heavy atom. The van der Waals surface area contributed by atoms with Gasteiger partial charge in [-0.1, -0.05) is 6.07 Å². The minimum atomic E-state index is -2.02. The van der Waals surface area contributed by atoms with Gasteiger partial charge in [0.2, 0.25) is 5.91 Å². The number of hydrogen-bond acceptors (Lipinski definition) is 9. The minimum absolute atomic E-state index is 0.0557. The second kappa shape index (κ2) is 9.08. The lowest BCUT2D eigenvalue weighted by Crippen LogP contribution is -2.81. The van der Waals surface area contributed by atoms with Crippen LogP contribution in [0.25, 0.3) is 0 Å². The highest BCUT2D eigenvalue weighted by Gasteiger charge is 2.67. The van der Waals surface area contributed by atoms with Gasteiger partial charge in [0.25, 0.3) is 11.6 Å². The lowest BCUT2D eigenvalue weighted by atomic mass is 9.97. The summed E-state index contributed by atoms with van der Waals surface area (Å²) in [5.41, 5.74) is -2.20. The van der Waals surface area contributed by atoms with Crippen LogP contribution in [0.5, 0.6) is 0 Å². The molecule has 1 saturated heterocycles.